The molecule has 1 amide bonds. The minimum Gasteiger partial charge on any atom is -0.388 e. The summed E-state index contributed by atoms with van der Waals surface area (Å²) in [6, 6.07) is 3.23. The van der Waals surface area contributed by atoms with Crippen molar-refractivity contribution in [2.45, 2.75) is 31.8 Å². The monoisotopic (exact) mass is 254 g/mol. The van der Waals surface area contributed by atoms with Gasteiger partial charge in [-0.05, 0) is 38.3 Å². The predicted molar refractivity (Wildman–Crippen MR) is 65.1 cm³/mol. The van der Waals surface area contributed by atoms with Crippen molar-refractivity contribution >= 4 is 17.5 Å². The molecule has 1 aromatic heterocycles. The third-order valence-electron chi connectivity index (χ3n) is 3.16. The van der Waals surface area contributed by atoms with Gasteiger partial charge in [0.25, 0.3) is 5.91 Å². The van der Waals surface area contributed by atoms with Crippen molar-refractivity contribution in [3.63, 3.8) is 0 Å². The van der Waals surface area contributed by atoms with Gasteiger partial charge in [-0.3, -0.25) is 4.79 Å². The molecular weight excluding hydrogens is 240 g/mol. The van der Waals surface area contributed by atoms with Gasteiger partial charge < -0.3 is 10.4 Å². The van der Waals surface area contributed by atoms with E-state index in [-0.39, 0.29) is 5.91 Å². The Bertz CT molecular complexity index is 444. The molecule has 0 atom stereocenters. The van der Waals surface area contributed by atoms with E-state index in [0.29, 0.717) is 23.0 Å². The van der Waals surface area contributed by atoms with Crippen molar-refractivity contribution in [2.75, 3.05) is 6.54 Å². The van der Waals surface area contributed by atoms with E-state index < -0.39 is 5.60 Å². The van der Waals surface area contributed by atoms with Crippen molar-refractivity contribution in [2.24, 2.45) is 0 Å². The highest BCUT2D eigenvalue weighted by molar-refractivity contribution is 6.29. The number of rotatable bonds is 3. The molecule has 2 N–H and O–H groups in total. The normalized spacial score (nSPS) is 17.4. The van der Waals surface area contributed by atoms with E-state index in [1.807, 2.05) is 0 Å². The van der Waals surface area contributed by atoms with Gasteiger partial charge in [0.05, 0.1) is 16.9 Å². The first-order valence-electron chi connectivity index (χ1n) is 5.64. The zero-order chi connectivity index (χ0) is 12.5. The Kier molecular flexibility index (Phi) is 3.35. The van der Waals surface area contributed by atoms with Crippen LogP contribution in [0.5, 0.6) is 0 Å². The summed E-state index contributed by atoms with van der Waals surface area (Å²) in [5.41, 5.74) is 0.386. The molecule has 0 aliphatic heterocycles. The number of aryl methyl sites for hydroxylation is 1. The first-order valence-corrected chi connectivity index (χ1v) is 6.02. The van der Waals surface area contributed by atoms with Crippen LogP contribution in [0.25, 0.3) is 0 Å². The van der Waals surface area contributed by atoms with Gasteiger partial charge in [-0.25, -0.2) is 4.98 Å². The molecule has 4 nitrogen and oxygen atoms in total. The number of aliphatic hydroxyl groups is 1. The number of hydrogen-bond donors (Lipinski definition) is 2. The Morgan fingerprint density at radius 3 is 2.82 bits per heavy atom. The van der Waals surface area contributed by atoms with E-state index in [0.717, 1.165) is 19.3 Å². The summed E-state index contributed by atoms with van der Waals surface area (Å²) in [5.74, 6) is -0.216. The summed E-state index contributed by atoms with van der Waals surface area (Å²) >= 11 is 5.72. The SMILES string of the molecule is Cc1nc(Cl)ccc1C(=O)NCC1(O)CCC1. The molecule has 0 aromatic carbocycles. The Hall–Kier alpha value is -1.13. The van der Waals surface area contributed by atoms with Crippen LogP contribution in [0.3, 0.4) is 0 Å². The van der Waals surface area contributed by atoms with Gasteiger partial charge in [-0.2, -0.15) is 0 Å². The van der Waals surface area contributed by atoms with Gasteiger partial charge in [-0.1, -0.05) is 11.6 Å². The molecule has 1 aliphatic carbocycles. The van der Waals surface area contributed by atoms with Crippen molar-refractivity contribution in [3.8, 4) is 0 Å². The lowest BCUT2D eigenvalue weighted by molar-refractivity contribution is -0.0300. The van der Waals surface area contributed by atoms with E-state index >= 15 is 0 Å². The largest absolute Gasteiger partial charge is 0.388 e. The number of carbonyl (C=O) groups excluding carboxylic acids is 1. The van der Waals surface area contributed by atoms with Crippen molar-refractivity contribution < 1.29 is 9.90 Å². The van der Waals surface area contributed by atoms with Crippen LogP contribution in [0, 0.1) is 6.92 Å². The minimum atomic E-state index is -0.705. The number of aromatic nitrogens is 1. The van der Waals surface area contributed by atoms with Crippen LogP contribution in [0.2, 0.25) is 5.15 Å². The van der Waals surface area contributed by atoms with Gasteiger partial charge in [0.1, 0.15) is 5.15 Å². The van der Waals surface area contributed by atoms with E-state index in [1.165, 1.54) is 0 Å². The molecule has 0 bridgehead atoms. The number of halogens is 1. The van der Waals surface area contributed by atoms with Gasteiger partial charge in [0, 0.05) is 6.54 Å². The Morgan fingerprint density at radius 2 is 2.29 bits per heavy atom. The molecule has 2 rings (SSSR count). The van der Waals surface area contributed by atoms with E-state index in [4.69, 9.17) is 11.6 Å². The second-order valence-electron chi connectivity index (χ2n) is 4.53. The molecular formula is C12H15ClN2O2. The van der Waals surface area contributed by atoms with Crippen molar-refractivity contribution in [1.29, 1.82) is 0 Å². The van der Waals surface area contributed by atoms with Crippen molar-refractivity contribution in [1.82, 2.24) is 10.3 Å². The molecule has 0 unspecified atom stereocenters. The average molecular weight is 255 g/mol. The maximum atomic E-state index is 11.9. The lowest BCUT2D eigenvalue weighted by Crippen LogP contribution is -2.47. The molecule has 0 saturated heterocycles. The lowest BCUT2D eigenvalue weighted by atomic mass is 9.80. The zero-order valence-electron chi connectivity index (χ0n) is 9.66. The predicted octanol–water partition coefficient (Wildman–Crippen LogP) is 1.69. The maximum absolute atomic E-state index is 11.9. The molecule has 1 heterocycles. The van der Waals surface area contributed by atoms with Crippen LogP contribution in [0.15, 0.2) is 12.1 Å². The third-order valence-corrected chi connectivity index (χ3v) is 3.37. The third kappa shape index (κ3) is 2.76. The molecule has 17 heavy (non-hydrogen) atoms. The highest BCUT2D eigenvalue weighted by atomic mass is 35.5. The first-order chi connectivity index (χ1) is 8.00. The van der Waals surface area contributed by atoms with Crippen LogP contribution in [0.1, 0.15) is 35.3 Å². The fraction of sp³-hybridized carbons (Fsp3) is 0.500. The lowest BCUT2D eigenvalue weighted by Gasteiger charge is -2.36. The van der Waals surface area contributed by atoms with Crippen LogP contribution in [-0.2, 0) is 0 Å². The van der Waals surface area contributed by atoms with Crippen LogP contribution in [-0.4, -0.2) is 28.1 Å². The van der Waals surface area contributed by atoms with Gasteiger partial charge >= 0.3 is 0 Å². The van der Waals surface area contributed by atoms with Crippen LogP contribution >= 0.6 is 11.6 Å². The maximum Gasteiger partial charge on any atom is 0.253 e. The second kappa shape index (κ2) is 4.63. The average Bonchev–Trinajstić information content (AvgIpc) is 2.23. The first kappa shape index (κ1) is 12.3. The van der Waals surface area contributed by atoms with Crippen molar-refractivity contribution in [3.05, 3.63) is 28.5 Å². The standard InChI is InChI=1S/C12H15ClN2O2/c1-8-9(3-4-10(13)15-8)11(16)14-7-12(17)5-2-6-12/h3-4,17H,2,5-7H2,1H3,(H,14,16). The summed E-state index contributed by atoms with van der Waals surface area (Å²) in [4.78, 5) is 15.9. The smallest absolute Gasteiger partial charge is 0.253 e. The van der Waals surface area contributed by atoms with E-state index in [1.54, 1.807) is 19.1 Å². The van der Waals surface area contributed by atoms with E-state index in [9.17, 15) is 9.90 Å². The van der Waals surface area contributed by atoms with Gasteiger partial charge in [0.2, 0.25) is 0 Å². The number of amides is 1. The molecule has 0 radical (unpaired) electrons. The van der Waals surface area contributed by atoms with E-state index in [2.05, 4.69) is 10.3 Å². The number of hydrogen-bond acceptors (Lipinski definition) is 3. The number of pyridine rings is 1. The molecule has 1 fully saturated rings. The zero-order valence-corrected chi connectivity index (χ0v) is 10.4. The molecule has 5 heteroatoms. The summed E-state index contributed by atoms with van der Waals surface area (Å²) in [5, 5.41) is 13.0. The van der Waals surface area contributed by atoms with Gasteiger partial charge in [0.15, 0.2) is 0 Å². The number of nitrogens with zero attached hydrogens (tertiary/aromatic N) is 1. The van der Waals surface area contributed by atoms with Crippen LogP contribution < -0.4 is 5.32 Å². The van der Waals surface area contributed by atoms with Gasteiger partial charge in [-0.15, -0.1) is 0 Å². The van der Waals surface area contributed by atoms with Crippen LogP contribution in [0.4, 0.5) is 0 Å². The topological polar surface area (TPSA) is 62.2 Å². The highest BCUT2D eigenvalue weighted by Gasteiger charge is 2.34. The summed E-state index contributed by atoms with van der Waals surface area (Å²) in [7, 11) is 0. The summed E-state index contributed by atoms with van der Waals surface area (Å²) in [6.07, 6.45) is 2.53. The molecule has 1 saturated carbocycles. The molecule has 92 valence electrons. The Morgan fingerprint density at radius 1 is 1.59 bits per heavy atom. The number of carbonyl (C=O) groups is 1. The summed E-state index contributed by atoms with van der Waals surface area (Å²) in [6.45, 7) is 2.03. The quantitative estimate of drug-likeness (QED) is 0.807. The molecule has 1 aliphatic rings. The summed E-state index contributed by atoms with van der Waals surface area (Å²) < 4.78 is 0. The Balaban J connectivity index is 1.99. The fourth-order valence-corrected chi connectivity index (χ4v) is 2.06. The molecule has 1 aromatic rings. The number of nitrogens with one attached hydrogen (secondary N) is 1. The molecule has 0 spiro atoms. The fourth-order valence-electron chi connectivity index (χ4n) is 1.87. The second-order valence-corrected chi connectivity index (χ2v) is 4.91. The minimum absolute atomic E-state index is 0.216. The Labute approximate surface area is 105 Å². The highest BCUT2D eigenvalue weighted by Crippen LogP contribution is 2.30.